The Labute approximate surface area is 126 Å². The van der Waals surface area contributed by atoms with Gasteiger partial charge in [0.25, 0.3) is 0 Å². The molecule has 112 valence electrons. The maximum absolute atomic E-state index is 4.71. The summed E-state index contributed by atoms with van der Waals surface area (Å²) in [4.78, 5) is 5.82. The van der Waals surface area contributed by atoms with Gasteiger partial charge in [-0.2, -0.15) is 0 Å². The fourth-order valence-electron chi connectivity index (χ4n) is 2.57. The molecule has 1 N–H and O–H groups in total. The van der Waals surface area contributed by atoms with Gasteiger partial charge in [0.05, 0.1) is 5.69 Å². The first-order chi connectivity index (χ1) is 9.83. The van der Waals surface area contributed by atoms with Gasteiger partial charge in [-0.05, 0) is 19.4 Å². The average Bonchev–Trinajstić information content (AvgIpc) is 3.01. The van der Waals surface area contributed by atoms with Crippen molar-refractivity contribution in [3.05, 3.63) is 23.5 Å². The van der Waals surface area contributed by atoms with E-state index < -0.39 is 0 Å². The highest BCUT2D eigenvalue weighted by Gasteiger charge is 2.11. The van der Waals surface area contributed by atoms with Crippen molar-refractivity contribution in [2.45, 2.75) is 64.8 Å². The minimum atomic E-state index is 0.580. The molecule has 0 saturated carbocycles. The van der Waals surface area contributed by atoms with Crippen molar-refractivity contribution in [3.8, 4) is 0 Å². The van der Waals surface area contributed by atoms with E-state index in [0.717, 1.165) is 17.9 Å². The van der Waals surface area contributed by atoms with E-state index in [4.69, 9.17) is 4.98 Å². The van der Waals surface area contributed by atoms with Gasteiger partial charge in [-0.1, -0.05) is 39.5 Å². The molecule has 2 aromatic rings. The van der Waals surface area contributed by atoms with Gasteiger partial charge in [-0.15, -0.1) is 11.3 Å². The van der Waals surface area contributed by atoms with Gasteiger partial charge in [0, 0.05) is 30.2 Å². The standard InChI is InChI=1S/C16H27N3S/c1-3-5-6-7-8-14(17-9-4-2)12-15-13-19-10-11-20-16(19)18-15/h10-11,13-14,17H,3-9,12H2,1-2H3. The minimum Gasteiger partial charge on any atom is -0.314 e. The van der Waals surface area contributed by atoms with E-state index in [1.807, 2.05) is 0 Å². The topological polar surface area (TPSA) is 29.3 Å². The van der Waals surface area contributed by atoms with E-state index in [1.165, 1.54) is 44.2 Å². The first kappa shape index (κ1) is 15.5. The molecule has 4 heteroatoms. The van der Waals surface area contributed by atoms with Crippen molar-refractivity contribution >= 4 is 16.3 Å². The molecule has 1 unspecified atom stereocenters. The number of aromatic nitrogens is 2. The van der Waals surface area contributed by atoms with Gasteiger partial charge < -0.3 is 5.32 Å². The quantitative estimate of drug-likeness (QED) is 0.663. The summed E-state index contributed by atoms with van der Waals surface area (Å²) in [6.45, 7) is 5.61. The number of rotatable bonds is 10. The zero-order valence-corrected chi connectivity index (χ0v) is 13.6. The predicted octanol–water partition coefficient (Wildman–Crippen LogP) is 4.28. The molecule has 2 rings (SSSR count). The molecule has 2 aromatic heterocycles. The monoisotopic (exact) mass is 293 g/mol. The van der Waals surface area contributed by atoms with Crippen LogP contribution in [0, 0.1) is 0 Å². The lowest BCUT2D eigenvalue weighted by molar-refractivity contribution is 0.450. The van der Waals surface area contributed by atoms with E-state index in [0.29, 0.717) is 6.04 Å². The van der Waals surface area contributed by atoms with Crippen LogP contribution in [0.4, 0.5) is 0 Å². The Morgan fingerprint density at radius 1 is 1.25 bits per heavy atom. The summed E-state index contributed by atoms with van der Waals surface area (Å²) in [6, 6.07) is 0.580. The molecule has 0 aromatic carbocycles. The first-order valence-electron chi connectivity index (χ1n) is 7.98. The second-order valence-corrected chi connectivity index (χ2v) is 6.40. The van der Waals surface area contributed by atoms with Gasteiger partial charge in [0.1, 0.15) is 0 Å². The molecule has 0 radical (unpaired) electrons. The number of fused-ring (bicyclic) bond motifs is 1. The van der Waals surface area contributed by atoms with Gasteiger partial charge >= 0.3 is 0 Å². The molecule has 20 heavy (non-hydrogen) atoms. The summed E-state index contributed by atoms with van der Waals surface area (Å²) in [5.74, 6) is 0. The molecular formula is C16H27N3S. The number of hydrogen-bond acceptors (Lipinski definition) is 3. The van der Waals surface area contributed by atoms with Crippen LogP contribution in [0.15, 0.2) is 17.8 Å². The molecule has 3 nitrogen and oxygen atoms in total. The molecule has 0 aliphatic heterocycles. The summed E-state index contributed by atoms with van der Waals surface area (Å²) < 4.78 is 2.13. The normalized spacial score (nSPS) is 13.1. The van der Waals surface area contributed by atoms with E-state index in [-0.39, 0.29) is 0 Å². The van der Waals surface area contributed by atoms with Gasteiger partial charge in [-0.3, -0.25) is 4.40 Å². The smallest absolute Gasteiger partial charge is 0.193 e. The Hall–Kier alpha value is -0.870. The highest BCUT2D eigenvalue weighted by Crippen LogP contribution is 2.15. The molecule has 0 bridgehead atoms. The second kappa shape index (κ2) is 8.42. The largest absolute Gasteiger partial charge is 0.314 e. The van der Waals surface area contributed by atoms with Gasteiger partial charge in [-0.25, -0.2) is 4.98 Å². The van der Waals surface area contributed by atoms with Crippen molar-refractivity contribution < 1.29 is 0 Å². The first-order valence-corrected chi connectivity index (χ1v) is 8.86. The third kappa shape index (κ3) is 4.60. The van der Waals surface area contributed by atoms with Crippen molar-refractivity contribution in [2.24, 2.45) is 0 Å². The molecular weight excluding hydrogens is 266 g/mol. The summed E-state index contributed by atoms with van der Waals surface area (Å²) >= 11 is 1.71. The van der Waals surface area contributed by atoms with E-state index in [9.17, 15) is 0 Å². The van der Waals surface area contributed by atoms with Crippen LogP contribution in [0.5, 0.6) is 0 Å². The summed E-state index contributed by atoms with van der Waals surface area (Å²) in [5, 5.41) is 5.77. The predicted molar refractivity (Wildman–Crippen MR) is 87.6 cm³/mol. The van der Waals surface area contributed by atoms with Crippen molar-refractivity contribution in [2.75, 3.05) is 6.54 Å². The Morgan fingerprint density at radius 2 is 2.15 bits per heavy atom. The maximum atomic E-state index is 4.71. The molecule has 0 amide bonds. The minimum absolute atomic E-state index is 0.580. The van der Waals surface area contributed by atoms with Crippen molar-refractivity contribution in [1.29, 1.82) is 0 Å². The van der Waals surface area contributed by atoms with E-state index >= 15 is 0 Å². The number of nitrogens with one attached hydrogen (secondary N) is 1. The van der Waals surface area contributed by atoms with Crippen LogP contribution >= 0.6 is 11.3 Å². The Morgan fingerprint density at radius 3 is 2.90 bits per heavy atom. The van der Waals surface area contributed by atoms with E-state index in [1.54, 1.807) is 11.3 Å². The third-order valence-corrected chi connectivity index (χ3v) is 4.46. The highest BCUT2D eigenvalue weighted by molar-refractivity contribution is 7.15. The lowest BCUT2D eigenvalue weighted by Crippen LogP contribution is -2.31. The molecule has 2 heterocycles. The van der Waals surface area contributed by atoms with Gasteiger partial charge in [0.2, 0.25) is 0 Å². The zero-order chi connectivity index (χ0) is 14.2. The fourth-order valence-corrected chi connectivity index (χ4v) is 3.29. The molecule has 1 atom stereocenters. The Balaban J connectivity index is 1.86. The number of unbranched alkanes of at least 4 members (excludes halogenated alkanes) is 3. The Bertz CT molecular complexity index is 460. The number of hydrogen-bond donors (Lipinski definition) is 1. The van der Waals surface area contributed by atoms with Crippen LogP contribution < -0.4 is 5.32 Å². The third-order valence-electron chi connectivity index (χ3n) is 3.69. The van der Waals surface area contributed by atoms with Crippen LogP contribution in [0.1, 0.15) is 58.1 Å². The van der Waals surface area contributed by atoms with Crippen LogP contribution in [0.3, 0.4) is 0 Å². The van der Waals surface area contributed by atoms with Crippen molar-refractivity contribution in [1.82, 2.24) is 14.7 Å². The lowest BCUT2D eigenvalue weighted by Gasteiger charge is -2.17. The van der Waals surface area contributed by atoms with Gasteiger partial charge in [0.15, 0.2) is 4.96 Å². The molecule has 0 aliphatic carbocycles. The van der Waals surface area contributed by atoms with Crippen LogP contribution in [0.25, 0.3) is 4.96 Å². The molecule has 0 aliphatic rings. The molecule has 0 fully saturated rings. The van der Waals surface area contributed by atoms with E-state index in [2.05, 4.69) is 41.3 Å². The number of imidazole rings is 1. The average molecular weight is 293 g/mol. The maximum Gasteiger partial charge on any atom is 0.193 e. The highest BCUT2D eigenvalue weighted by atomic mass is 32.1. The van der Waals surface area contributed by atoms with Crippen molar-refractivity contribution in [3.63, 3.8) is 0 Å². The SMILES string of the molecule is CCCCCCC(Cc1cn2ccsc2n1)NCCC. The molecule has 0 saturated heterocycles. The number of thiazole rings is 1. The zero-order valence-electron chi connectivity index (χ0n) is 12.8. The Kier molecular flexibility index (Phi) is 6.54. The fraction of sp³-hybridized carbons (Fsp3) is 0.688. The van der Waals surface area contributed by atoms with Crippen LogP contribution in [-0.2, 0) is 6.42 Å². The van der Waals surface area contributed by atoms with Crippen LogP contribution in [0.2, 0.25) is 0 Å². The summed E-state index contributed by atoms with van der Waals surface area (Å²) in [7, 11) is 0. The molecule has 0 spiro atoms. The van der Waals surface area contributed by atoms with Crippen LogP contribution in [-0.4, -0.2) is 22.0 Å². The summed E-state index contributed by atoms with van der Waals surface area (Å²) in [5.41, 5.74) is 1.22. The second-order valence-electron chi connectivity index (χ2n) is 5.53. The number of nitrogens with zero attached hydrogens (tertiary/aromatic N) is 2. The summed E-state index contributed by atoms with van der Waals surface area (Å²) in [6.07, 6.45) is 13.2. The lowest BCUT2D eigenvalue weighted by atomic mass is 10.0.